The minimum Gasteiger partial charge on any atom is -0.438 e. The molecule has 158 valence electrons. The van der Waals surface area contributed by atoms with E-state index in [4.69, 9.17) is 9.84 Å². The van der Waals surface area contributed by atoms with E-state index in [1.807, 2.05) is 54.9 Å². The van der Waals surface area contributed by atoms with Gasteiger partial charge in [0.05, 0.1) is 11.4 Å². The first-order valence-electron chi connectivity index (χ1n) is 10.5. The number of amides is 1. The number of hydrogen-bond acceptors (Lipinski definition) is 3. The van der Waals surface area contributed by atoms with Crippen molar-refractivity contribution in [2.24, 2.45) is 5.92 Å². The second-order valence-electron chi connectivity index (χ2n) is 8.19. The van der Waals surface area contributed by atoms with Crippen molar-refractivity contribution in [3.63, 3.8) is 0 Å². The van der Waals surface area contributed by atoms with Crippen LogP contribution in [0.15, 0.2) is 48.5 Å². The molecular weight excluding hydrogens is 374 g/mol. The van der Waals surface area contributed by atoms with Gasteiger partial charge in [0, 0.05) is 18.5 Å². The lowest BCUT2D eigenvalue weighted by atomic mass is 10.1. The number of aryl methyl sites for hydroxylation is 3. The molecule has 0 radical (unpaired) electrons. The van der Waals surface area contributed by atoms with Crippen LogP contribution in [0.3, 0.4) is 0 Å². The molecule has 0 aliphatic rings. The zero-order chi connectivity index (χ0) is 21.7. The highest BCUT2D eigenvalue weighted by Gasteiger charge is 2.20. The Balaban J connectivity index is 1.95. The SMILES string of the molecule is Cc1cccc(-n2nc(C)c(CCC(=O)NCC(C)C)c2Oc2ccccc2C)c1. The molecular formula is C25H31N3O2. The number of aromatic nitrogens is 2. The maximum Gasteiger partial charge on any atom is 0.226 e. The lowest BCUT2D eigenvalue weighted by Gasteiger charge is -2.13. The third-order valence-corrected chi connectivity index (χ3v) is 4.99. The molecule has 1 aromatic heterocycles. The van der Waals surface area contributed by atoms with Crippen molar-refractivity contribution in [3.05, 3.63) is 70.9 Å². The average molecular weight is 406 g/mol. The molecule has 1 heterocycles. The number of ether oxygens (including phenoxy) is 1. The van der Waals surface area contributed by atoms with Crippen LogP contribution in [-0.2, 0) is 11.2 Å². The number of rotatable bonds is 8. The van der Waals surface area contributed by atoms with E-state index in [2.05, 4.69) is 38.2 Å². The van der Waals surface area contributed by atoms with Crippen molar-refractivity contribution in [1.29, 1.82) is 0 Å². The molecule has 3 aromatic rings. The van der Waals surface area contributed by atoms with E-state index in [-0.39, 0.29) is 5.91 Å². The quantitative estimate of drug-likeness (QED) is 0.554. The van der Waals surface area contributed by atoms with Crippen LogP contribution in [0, 0.1) is 26.7 Å². The van der Waals surface area contributed by atoms with Crippen LogP contribution in [-0.4, -0.2) is 22.2 Å². The van der Waals surface area contributed by atoms with Gasteiger partial charge in [0.2, 0.25) is 11.8 Å². The summed E-state index contributed by atoms with van der Waals surface area (Å²) in [6.07, 6.45) is 0.972. The van der Waals surface area contributed by atoms with Crippen LogP contribution < -0.4 is 10.1 Å². The summed E-state index contributed by atoms with van der Waals surface area (Å²) in [7, 11) is 0. The maximum absolute atomic E-state index is 12.3. The first-order chi connectivity index (χ1) is 14.3. The fourth-order valence-corrected chi connectivity index (χ4v) is 3.29. The molecule has 0 aliphatic carbocycles. The Morgan fingerprint density at radius 2 is 1.87 bits per heavy atom. The Kier molecular flexibility index (Phi) is 6.93. The lowest BCUT2D eigenvalue weighted by molar-refractivity contribution is -0.121. The molecule has 1 amide bonds. The summed E-state index contributed by atoms with van der Waals surface area (Å²) in [6.45, 7) is 10.9. The molecule has 0 spiro atoms. The number of hydrogen-bond donors (Lipinski definition) is 1. The summed E-state index contributed by atoms with van der Waals surface area (Å²) in [5.74, 6) is 1.94. The van der Waals surface area contributed by atoms with Crippen LogP contribution in [0.4, 0.5) is 0 Å². The first kappa shape index (κ1) is 21.6. The summed E-state index contributed by atoms with van der Waals surface area (Å²) in [4.78, 5) is 12.3. The largest absolute Gasteiger partial charge is 0.438 e. The summed E-state index contributed by atoms with van der Waals surface area (Å²) in [5.41, 5.74) is 4.97. The van der Waals surface area contributed by atoms with E-state index in [0.717, 1.165) is 33.8 Å². The fraction of sp³-hybridized carbons (Fsp3) is 0.360. The summed E-state index contributed by atoms with van der Waals surface area (Å²) in [5, 5.41) is 7.75. The van der Waals surface area contributed by atoms with Crippen molar-refractivity contribution < 1.29 is 9.53 Å². The number of benzene rings is 2. The fourth-order valence-electron chi connectivity index (χ4n) is 3.29. The molecule has 0 saturated carbocycles. The standard InChI is InChI=1S/C25H31N3O2/c1-17(2)16-26-24(29)14-13-22-20(5)27-28(21-11-8-9-18(3)15-21)25(22)30-23-12-7-6-10-19(23)4/h6-12,15,17H,13-14,16H2,1-5H3,(H,26,29). The molecule has 5 heteroatoms. The predicted octanol–water partition coefficient (Wildman–Crippen LogP) is 5.29. The number of carbonyl (C=O) groups is 1. The van der Waals surface area contributed by atoms with E-state index < -0.39 is 0 Å². The summed E-state index contributed by atoms with van der Waals surface area (Å²) < 4.78 is 8.23. The van der Waals surface area contributed by atoms with Gasteiger partial charge in [0.15, 0.2) is 0 Å². The molecule has 1 N–H and O–H groups in total. The first-order valence-corrected chi connectivity index (χ1v) is 10.5. The summed E-state index contributed by atoms with van der Waals surface area (Å²) in [6, 6.07) is 16.1. The van der Waals surface area contributed by atoms with E-state index in [0.29, 0.717) is 31.2 Å². The highest BCUT2D eigenvalue weighted by atomic mass is 16.5. The maximum atomic E-state index is 12.3. The number of carbonyl (C=O) groups excluding carboxylic acids is 1. The molecule has 30 heavy (non-hydrogen) atoms. The van der Waals surface area contributed by atoms with Gasteiger partial charge in [-0.05, 0) is 62.4 Å². The monoisotopic (exact) mass is 405 g/mol. The molecule has 0 unspecified atom stereocenters. The summed E-state index contributed by atoms with van der Waals surface area (Å²) >= 11 is 0. The normalized spacial score (nSPS) is 11.0. The highest BCUT2D eigenvalue weighted by Crippen LogP contribution is 2.33. The smallest absolute Gasteiger partial charge is 0.226 e. The van der Waals surface area contributed by atoms with Crippen molar-refractivity contribution >= 4 is 5.91 Å². The molecule has 0 fully saturated rings. The van der Waals surface area contributed by atoms with Gasteiger partial charge < -0.3 is 10.1 Å². The minimum absolute atomic E-state index is 0.0493. The van der Waals surface area contributed by atoms with Gasteiger partial charge in [-0.3, -0.25) is 4.79 Å². The molecule has 2 aromatic carbocycles. The van der Waals surface area contributed by atoms with Gasteiger partial charge in [-0.1, -0.05) is 44.2 Å². The second kappa shape index (κ2) is 9.61. The lowest BCUT2D eigenvalue weighted by Crippen LogP contribution is -2.27. The second-order valence-corrected chi connectivity index (χ2v) is 8.19. The van der Waals surface area contributed by atoms with Crippen LogP contribution in [0.2, 0.25) is 0 Å². The minimum atomic E-state index is 0.0493. The van der Waals surface area contributed by atoms with Crippen molar-refractivity contribution in [2.45, 2.75) is 47.5 Å². The average Bonchev–Trinajstić information content (AvgIpc) is 3.01. The molecule has 0 saturated heterocycles. The van der Waals surface area contributed by atoms with Crippen LogP contribution in [0.5, 0.6) is 11.6 Å². The van der Waals surface area contributed by atoms with E-state index >= 15 is 0 Å². The molecule has 0 bridgehead atoms. The van der Waals surface area contributed by atoms with Gasteiger partial charge in [-0.15, -0.1) is 0 Å². The molecule has 0 atom stereocenters. The highest BCUT2D eigenvalue weighted by molar-refractivity contribution is 5.76. The van der Waals surface area contributed by atoms with Crippen LogP contribution >= 0.6 is 0 Å². The van der Waals surface area contributed by atoms with Gasteiger partial charge in [-0.25, -0.2) is 4.68 Å². The van der Waals surface area contributed by atoms with E-state index in [9.17, 15) is 4.79 Å². The van der Waals surface area contributed by atoms with Gasteiger partial charge >= 0.3 is 0 Å². The van der Waals surface area contributed by atoms with E-state index in [1.54, 1.807) is 0 Å². The van der Waals surface area contributed by atoms with Gasteiger partial charge in [-0.2, -0.15) is 5.10 Å². The van der Waals surface area contributed by atoms with Crippen molar-refractivity contribution in [3.8, 4) is 17.3 Å². The third kappa shape index (κ3) is 5.29. The predicted molar refractivity (Wildman–Crippen MR) is 120 cm³/mol. The van der Waals surface area contributed by atoms with Gasteiger partial charge in [0.25, 0.3) is 0 Å². The number of nitrogens with one attached hydrogen (secondary N) is 1. The topological polar surface area (TPSA) is 56.2 Å². The van der Waals surface area contributed by atoms with E-state index in [1.165, 1.54) is 0 Å². The zero-order valence-corrected chi connectivity index (χ0v) is 18.5. The Bertz CT molecular complexity index is 1020. The van der Waals surface area contributed by atoms with Crippen molar-refractivity contribution in [1.82, 2.24) is 15.1 Å². The van der Waals surface area contributed by atoms with Crippen LogP contribution in [0.1, 0.15) is 42.7 Å². The van der Waals surface area contributed by atoms with Crippen molar-refractivity contribution in [2.75, 3.05) is 6.54 Å². The molecule has 3 rings (SSSR count). The Hall–Kier alpha value is -3.08. The third-order valence-electron chi connectivity index (χ3n) is 4.99. The Labute approximate surface area is 179 Å². The Morgan fingerprint density at radius 3 is 2.57 bits per heavy atom. The zero-order valence-electron chi connectivity index (χ0n) is 18.5. The van der Waals surface area contributed by atoms with Crippen LogP contribution in [0.25, 0.3) is 5.69 Å². The Morgan fingerprint density at radius 1 is 1.10 bits per heavy atom. The number of para-hydroxylation sites is 1. The molecule has 5 nitrogen and oxygen atoms in total. The number of nitrogens with zero attached hydrogens (tertiary/aromatic N) is 2. The van der Waals surface area contributed by atoms with Gasteiger partial charge in [0.1, 0.15) is 5.75 Å². The molecule has 0 aliphatic heterocycles.